The van der Waals surface area contributed by atoms with E-state index in [2.05, 4.69) is 20.3 Å². The molecule has 1 aliphatic rings. The topological polar surface area (TPSA) is 92.0 Å². The van der Waals surface area contributed by atoms with E-state index in [0.29, 0.717) is 25.5 Å². The smallest absolute Gasteiger partial charge is 0.145 e. The van der Waals surface area contributed by atoms with Crippen LogP contribution in [0.25, 0.3) is 11.3 Å². The average molecular weight is 402 g/mol. The van der Waals surface area contributed by atoms with Crippen LogP contribution in [-0.2, 0) is 20.8 Å². The van der Waals surface area contributed by atoms with Gasteiger partial charge in [0, 0.05) is 23.9 Å². The second-order valence-corrected chi connectivity index (χ2v) is 8.85. The van der Waals surface area contributed by atoms with Crippen molar-refractivity contribution in [3.63, 3.8) is 0 Å². The van der Waals surface area contributed by atoms with Crippen molar-refractivity contribution >= 4 is 6.29 Å². The highest BCUT2D eigenvalue weighted by molar-refractivity contribution is 5.54. The first-order chi connectivity index (χ1) is 13.8. The number of carbonyl (C=O) groups is 1. The fraction of sp³-hybridized carbons (Fsp3) is 0.667. The molecule has 1 saturated carbocycles. The summed E-state index contributed by atoms with van der Waals surface area (Å²) in [5, 5.41) is 8.48. The summed E-state index contributed by atoms with van der Waals surface area (Å²) < 4.78 is 13.3. The molecule has 1 fully saturated rings. The molecule has 8 nitrogen and oxygen atoms in total. The summed E-state index contributed by atoms with van der Waals surface area (Å²) in [4.78, 5) is 19.5. The Labute approximate surface area is 172 Å². The van der Waals surface area contributed by atoms with Gasteiger partial charge in [0.25, 0.3) is 0 Å². The van der Waals surface area contributed by atoms with Gasteiger partial charge < -0.3 is 14.3 Å². The highest BCUT2D eigenvalue weighted by Gasteiger charge is 2.24. The van der Waals surface area contributed by atoms with Gasteiger partial charge in [-0.3, -0.25) is 0 Å². The Morgan fingerprint density at radius 1 is 1.14 bits per heavy atom. The summed E-state index contributed by atoms with van der Waals surface area (Å²) >= 11 is 0. The predicted molar refractivity (Wildman–Crippen MR) is 108 cm³/mol. The van der Waals surface area contributed by atoms with E-state index < -0.39 is 11.2 Å². The van der Waals surface area contributed by atoms with Crippen LogP contribution in [0.15, 0.2) is 18.6 Å². The molecule has 0 N–H and O–H groups in total. The van der Waals surface area contributed by atoms with Crippen LogP contribution < -0.4 is 0 Å². The zero-order valence-corrected chi connectivity index (χ0v) is 17.8. The summed E-state index contributed by atoms with van der Waals surface area (Å²) in [7, 11) is 0. The Hall–Kier alpha value is -2.19. The van der Waals surface area contributed by atoms with Crippen molar-refractivity contribution in [1.82, 2.24) is 25.0 Å². The number of carbonyl (C=O) groups excluding carboxylic acids is 1. The van der Waals surface area contributed by atoms with Crippen LogP contribution in [0.3, 0.4) is 0 Å². The Morgan fingerprint density at radius 3 is 2.48 bits per heavy atom. The van der Waals surface area contributed by atoms with Gasteiger partial charge in [-0.2, -0.15) is 0 Å². The summed E-state index contributed by atoms with van der Waals surface area (Å²) in [5.74, 6) is 1.45. The largest absolute Gasteiger partial charge is 0.374 e. The molecule has 0 bridgehead atoms. The number of nitrogens with zero attached hydrogens (tertiary/aromatic N) is 5. The van der Waals surface area contributed by atoms with Crippen LogP contribution >= 0.6 is 0 Å². The fourth-order valence-corrected chi connectivity index (χ4v) is 3.20. The molecule has 0 unspecified atom stereocenters. The maximum atomic E-state index is 10.5. The van der Waals surface area contributed by atoms with Crippen LogP contribution in [0.5, 0.6) is 0 Å². The third-order valence-corrected chi connectivity index (χ3v) is 5.26. The predicted octanol–water partition coefficient (Wildman–Crippen LogP) is 3.18. The molecular formula is C21H31N5O3. The van der Waals surface area contributed by atoms with Crippen LogP contribution in [0.1, 0.15) is 65.1 Å². The molecule has 0 aromatic carbocycles. The normalized spacial score (nSPS) is 15.3. The molecule has 8 heteroatoms. The Kier molecular flexibility index (Phi) is 6.74. The van der Waals surface area contributed by atoms with Gasteiger partial charge in [-0.1, -0.05) is 11.6 Å². The van der Waals surface area contributed by atoms with Crippen LogP contribution in [-0.4, -0.2) is 55.7 Å². The number of rotatable bonds is 11. The molecule has 3 rings (SSSR count). The van der Waals surface area contributed by atoms with Crippen molar-refractivity contribution in [3.05, 3.63) is 24.4 Å². The van der Waals surface area contributed by atoms with Crippen molar-refractivity contribution < 1.29 is 14.3 Å². The van der Waals surface area contributed by atoms with E-state index in [1.54, 1.807) is 4.68 Å². The molecule has 0 radical (unpaired) electrons. The first-order valence-corrected chi connectivity index (χ1v) is 10.2. The maximum Gasteiger partial charge on any atom is 0.145 e. The van der Waals surface area contributed by atoms with E-state index in [4.69, 9.17) is 9.47 Å². The van der Waals surface area contributed by atoms with E-state index in [9.17, 15) is 4.79 Å². The van der Waals surface area contributed by atoms with E-state index in [-0.39, 0.29) is 6.61 Å². The average Bonchev–Trinajstić information content (AvgIpc) is 3.06. The van der Waals surface area contributed by atoms with Crippen LogP contribution in [0, 0.1) is 0 Å². The van der Waals surface area contributed by atoms with Gasteiger partial charge in [-0.05, 0) is 47.0 Å². The molecule has 0 atom stereocenters. The zero-order chi connectivity index (χ0) is 20.9. The lowest BCUT2D eigenvalue weighted by Gasteiger charge is -2.29. The minimum absolute atomic E-state index is 0.101. The highest BCUT2D eigenvalue weighted by Crippen LogP contribution is 2.34. The molecule has 1 aliphatic carbocycles. The lowest BCUT2D eigenvalue weighted by molar-refractivity contribution is -0.120. The standard InChI is InChI=1S/C21H31N5O3/c1-20(2,29-11-9-27)8-10-28-21(3,4)15-26-14-18(24-25-26)17-12-22-19(23-13-17)16-6-5-7-16/h9,12-14,16H,5-8,10-11,15H2,1-4H3. The SMILES string of the molecule is CC(C)(CCOC(C)(C)Cn1cc(-c2cnc(C3CCC3)nc2)nn1)OCC=O. The van der Waals surface area contributed by atoms with Gasteiger partial charge in [-0.25, -0.2) is 14.6 Å². The van der Waals surface area contributed by atoms with Crippen molar-refractivity contribution in [3.8, 4) is 11.3 Å². The summed E-state index contributed by atoms with van der Waals surface area (Å²) in [6.07, 6.45) is 10.7. The maximum absolute atomic E-state index is 10.5. The van der Waals surface area contributed by atoms with Crippen molar-refractivity contribution in [2.75, 3.05) is 13.2 Å². The monoisotopic (exact) mass is 401 g/mol. The van der Waals surface area contributed by atoms with Crippen molar-refractivity contribution in [2.45, 2.75) is 77.0 Å². The van der Waals surface area contributed by atoms with Crippen LogP contribution in [0.2, 0.25) is 0 Å². The minimum atomic E-state index is -0.420. The number of hydrogen-bond acceptors (Lipinski definition) is 7. The fourth-order valence-electron chi connectivity index (χ4n) is 3.20. The molecule has 0 spiro atoms. The van der Waals surface area contributed by atoms with E-state index in [0.717, 1.165) is 23.4 Å². The molecule has 2 aromatic rings. The molecular weight excluding hydrogens is 370 g/mol. The Bertz CT molecular complexity index is 797. The summed E-state index contributed by atoms with van der Waals surface area (Å²) in [6.45, 7) is 9.13. The number of hydrogen-bond donors (Lipinski definition) is 0. The Morgan fingerprint density at radius 2 is 1.86 bits per heavy atom. The van der Waals surface area contributed by atoms with Crippen molar-refractivity contribution in [2.24, 2.45) is 0 Å². The van der Waals surface area contributed by atoms with Gasteiger partial charge in [0.2, 0.25) is 0 Å². The van der Waals surface area contributed by atoms with Gasteiger partial charge in [0.1, 0.15) is 24.4 Å². The molecule has 0 aliphatic heterocycles. The third-order valence-electron chi connectivity index (χ3n) is 5.26. The van der Waals surface area contributed by atoms with Crippen LogP contribution in [0.4, 0.5) is 0 Å². The molecule has 2 aromatic heterocycles. The second kappa shape index (κ2) is 9.09. The Balaban J connectivity index is 1.52. The molecule has 0 amide bonds. The number of aldehydes is 1. The van der Waals surface area contributed by atoms with E-state index in [1.807, 2.05) is 46.3 Å². The van der Waals surface area contributed by atoms with Crippen molar-refractivity contribution in [1.29, 1.82) is 0 Å². The second-order valence-electron chi connectivity index (χ2n) is 8.85. The van der Waals surface area contributed by atoms with E-state index >= 15 is 0 Å². The number of ether oxygens (including phenoxy) is 2. The molecule has 2 heterocycles. The van der Waals surface area contributed by atoms with Gasteiger partial charge in [0.15, 0.2) is 0 Å². The zero-order valence-electron chi connectivity index (χ0n) is 17.8. The highest BCUT2D eigenvalue weighted by atomic mass is 16.5. The van der Waals surface area contributed by atoms with E-state index in [1.165, 1.54) is 19.3 Å². The van der Waals surface area contributed by atoms with Gasteiger partial charge in [0.05, 0.1) is 30.6 Å². The molecule has 0 saturated heterocycles. The van der Waals surface area contributed by atoms with Gasteiger partial charge >= 0.3 is 0 Å². The molecule has 29 heavy (non-hydrogen) atoms. The number of aromatic nitrogens is 5. The molecule has 158 valence electrons. The lowest BCUT2D eigenvalue weighted by Crippen LogP contribution is -2.34. The summed E-state index contributed by atoms with van der Waals surface area (Å²) in [5.41, 5.74) is 0.802. The third kappa shape index (κ3) is 6.14. The minimum Gasteiger partial charge on any atom is -0.374 e. The van der Waals surface area contributed by atoms with Gasteiger partial charge in [-0.15, -0.1) is 5.10 Å². The first kappa shape index (κ1) is 21.5. The lowest BCUT2D eigenvalue weighted by atomic mass is 9.85. The summed E-state index contributed by atoms with van der Waals surface area (Å²) in [6, 6.07) is 0. The quantitative estimate of drug-likeness (QED) is 0.534. The first-order valence-electron chi connectivity index (χ1n) is 10.2.